The summed E-state index contributed by atoms with van der Waals surface area (Å²) < 4.78 is 230. The van der Waals surface area contributed by atoms with Gasteiger partial charge in [-0.1, -0.05) is 167 Å². The predicted octanol–water partition coefficient (Wildman–Crippen LogP) is 30.6. The van der Waals surface area contributed by atoms with Gasteiger partial charge in [-0.15, -0.1) is 0 Å². The molecular weight excluding hydrogens is 1630 g/mol. The zero-order valence-corrected chi connectivity index (χ0v) is 79.9. The van der Waals surface area contributed by atoms with E-state index in [-0.39, 0.29) is 52.1 Å². The molecule has 16 aromatic rings. The van der Waals surface area contributed by atoms with Crippen LogP contribution in [-0.2, 0) is 40.9 Å². The van der Waals surface area contributed by atoms with E-state index < -0.39 is 86.3 Å². The number of nitriles is 4. The minimum Gasteiger partial charge on any atom is -0.454 e. The number of fused-ring (bicyclic) bond motifs is 12. The van der Waals surface area contributed by atoms with Gasteiger partial charge in [0, 0.05) is 143 Å². The summed E-state index contributed by atoms with van der Waals surface area (Å²) >= 11 is 0. The van der Waals surface area contributed by atoms with Crippen LogP contribution in [0.15, 0.2) is 157 Å². The molecule has 0 amide bonds. The number of pyridine rings is 4. The molecule has 133 heavy (non-hydrogen) atoms. The molecule has 0 spiro atoms. The molecule has 8 aromatic carbocycles. The molecule has 4 fully saturated rings. The first kappa shape index (κ1) is 67.7. The Kier molecular flexibility index (Phi) is 19.6. The number of hydrogen-bond acceptors (Lipinski definition) is 8. The lowest BCUT2D eigenvalue weighted by Crippen LogP contribution is -2.36. The maximum Gasteiger partial charge on any atom is 0.216 e. The molecule has 4 saturated carbocycles. The van der Waals surface area contributed by atoms with E-state index in [4.69, 9.17) is 43.7 Å². The molecule has 12 heteroatoms. The lowest BCUT2D eigenvalue weighted by Gasteiger charge is -2.22. The molecule has 0 aliphatic heterocycles. The summed E-state index contributed by atoms with van der Waals surface area (Å²) in [6, 6.07) is 42.8. The Morgan fingerprint density at radius 1 is 0.353 bits per heavy atom. The van der Waals surface area contributed by atoms with Crippen LogP contribution in [0.1, 0.15) is 348 Å². The number of rotatable bonds is 13. The Labute approximate surface area is 819 Å². The van der Waals surface area contributed by atoms with Crippen LogP contribution in [0.5, 0.6) is 0 Å². The number of nitrogens with zero attached hydrogens (tertiary/aromatic N) is 8. The zero-order chi connectivity index (χ0) is 114. The average Bonchev–Trinajstić information content (AvgIpc) is 1.67. The van der Waals surface area contributed by atoms with Crippen LogP contribution in [0, 0.1) is 126 Å². The van der Waals surface area contributed by atoms with Gasteiger partial charge in [-0.05, 0) is 262 Å². The molecule has 0 bridgehead atoms. The van der Waals surface area contributed by atoms with Crippen LogP contribution < -0.4 is 18.3 Å². The Morgan fingerprint density at radius 2 is 0.669 bits per heavy atom. The van der Waals surface area contributed by atoms with E-state index in [1.54, 1.807) is 90.0 Å². The second kappa shape index (κ2) is 38.6. The van der Waals surface area contributed by atoms with Gasteiger partial charge in [0.15, 0.2) is 45.1 Å². The van der Waals surface area contributed by atoms with Gasteiger partial charge >= 0.3 is 0 Å². The van der Waals surface area contributed by atoms with Crippen LogP contribution in [0.3, 0.4) is 0 Å². The molecule has 4 aliphatic rings. The Hall–Kier alpha value is -12.5. The van der Waals surface area contributed by atoms with Crippen LogP contribution in [0.4, 0.5) is 0 Å². The molecule has 8 heterocycles. The number of benzene rings is 8. The Morgan fingerprint density at radius 3 is 1.00 bits per heavy atom. The first-order valence-corrected chi connectivity index (χ1v) is 47.2. The fourth-order valence-electron chi connectivity index (χ4n) is 20.5. The van der Waals surface area contributed by atoms with E-state index in [1.807, 2.05) is 127 Å². The second-order valence-corrected chi connectivity index (χ2v) is 37.8. The quantitative estimate of drug-likeness (QED) is 0.103. The molecule has 0 unspecified atom stereocenters. The normalized spacial score (nSPS) is 18.9. The van der Waals surface area contributed by atoms with Crippen molar-refractivity contribution in [1.82, 2.24) is 0 Å². The summed E-state index contributed by atoms with van der Waals surface area (Å²) in [6.07, 6.45) is 15.2. The standard InChI is InChI=1S/2C31H35N2O.C30H33N2O.C29H31N2O/c2*1-19(2)13-22-14-21(4)33(5)28(15-22)29-20(3)11-12-26-27-17-24(23-9-7-6-8-10-23)16-25(18-32)30(27)34-31(26)29;1-18(2)22-13-20(4)32(5)27(16-22)28-19(3)11-12-25-26-15-23(21-9-7-6-8-10-21)14-24(17-31)29(26)33-30(25)28;1-17-11-12-24-25-15-22(21-9-7-6-8-10-21)14-23(16-30)28(25)32-29(24)27(17)26-13-18(2)19(3)20(4)31(26)5/h2*11-12,14-17,19,23H,6-10,13H2,1-5H3;11-16,18,21H,6-10H2,1-5H3;11-15,21H,6-10H2,1-5H3/q4*+1/i13D2,14D,15D,23D;13D2,23D;1D3,2D3,13D,16D,18D,21D;3D3,13D,21D. The SMILES string of the molecule is [2H]C1(c2cc(C#N)c3oc4c(-c5cc(C([2H])([2H])C(C)C)cc(C)[n+]5C)c(C)ccc4c3c2)CCCCC1.[2H]c1c(C([2H])(C([2H])([2H])[2H])C([2H])([2H])[2H])c([2H])c(-c2c(C)ccc3c2oc2c(C#N)cc(C4([2H])CCCCC4)cc23)[n+](C)c1C.[2H]c1c(C([2H])([2H])C(C)C)c([2H])c(-c2c(C)ccc3c2oc2c(C#N)cc(C4([2H])CCCCC4)cc23)[n+](C)c1C.[2H]c1c(C)c(C([2H])([2H])[2H])c(C)[n+](C)c1-c1c(C)ccc2c1oc1c(C#N)cc(C3([2H])CCCCC3)cc12. The molecule has 4 aliphatic carbocycles. The summed E-state index contributed by atoms with van der Waals surface area (Å²) in [5.41, 5.74) is 19.7. The molecule has 0 N–H and O–H groups in total. The van der Waals surface area contributed by atoms with Crippen LogP contribution in [0.2, 0.25) is 0 Å². The van der Waals surface area contributed by atoms with Crippen molar-refractivity contribution >= 4 is 87.8 Å². The highest BCUT2D eigenvalue weighted by Gasteiger charge is 2.33. The van der Waals surface area contributed by atoms with Crippen LogP contribution in [-0.4, -0.2) is 0 Å². The highest BCUT2D eigenvalue weighted by Crippen LogP contribution is 2.49. The Balaban J connectivity index is 0.000000141. The molecule has 8 aromatic heterocycles. The highest BCUT2D eigenvalue weighted by atomic mass is 16.3. The molecule has 678 valence electrons. The summed E-state index contributed by atoms with van der Waals surface area (Å²) in [5.74, 6) is -6.79. The van der Waals surface area contributed by atoms with Gasteiger partial charge in [-0.2, -0.15) is 39.3 Å². The Bertz CT molecular complexity index is 8640. The van der Waals surface area contributed by atoms with Crippen molar-refractivity contribution in [1.29, 1.82) is 21.0 Å². The average molecular weight is 1790 g/mol. The monoisotopic (exact) mass is 1790 g/mol. The van der Waals surface area contributed by atoms with E-state index in [2.05, 4.69) is 41.0 Å². The fraction of sp³-hybridized carbons (Fsp3) is 0.405. The zero-order valence-electron chi connectivity index (χ0n) is 103. The highest BCUT2D eigenvalue weighted by molar-refractivity contribution is 6.15. The molecule has 0 saturated heterocycles. The smallest absolute Gasteiger partial charge is 0.216 e. The van der Waals surface area contributed by atoms with Gasteiger partial charge in [0.05, 0.1) is 51.4 Å². The third kappa shape index (κ3) is 17.9. The third-order valence-corrected chi connectivity index (χ3v) is 28.0. The van der Waals surface area contributed by atoms with Gasteiger partial charge in [0.1, 0.15) is 74.8 Å². The van der Waals surface area contributed by atoms with Gasteiger partial charge in [-0.3, -0.25) is 0 Å². The molecule has 0 atom stereocenters. The van der Waals surface area contributed by atoms with Gasteiger partial charge in [0.2, 0.25) is 22.8 Å². The van der Waals surface area contributed by atoms with E-state index >= 15 is 0 Å². The topological polar surface area (TPSA) is 163 Å². The van der Waals surface area contributed by atoms with Crippen LogP contribution in [0.25, 0.3) is 133 Å². The molecular formula is C121H134N8O4+4. The minimum absolute atomic E-state index is 0.0311. The summed E-state index contributed by atoms with van der Waals surface area (Å²) in [4.78, 5) is 0. The van der Waals surface area contributed by atoms with Crippen molar-refractivity contribution in [3.8, 4) is 69.3 Å². The van der Waals surface area contributed by atoms with Crippen molar-refractivity contribution < 1.29 is 67.5 Å². The number of furan rings is 4. The maximum atomic E-state index is 10.1. The third-order valence-electron chi connectivity index (χ3n) is 28.0. The minimum atomic E-state index is -3.38. The van der Waals surface area contributed by atoms with Gasteiger partial charge < -0.3 is 17.7 Å². The van der Waals surface area contributed by atoms with E-state index in [0.717, 1.165) is 204 Å². The van der Waals surface area contributed by atoms with E-state index in [0.29, 0.717) is 141 Å². The largest absolute Gasteiger partial charge is 0.454 e. The lowest BCUT2D eigenvalue weighted by molar-refractivity contribution is -0.667. The maximum absolute atomic E-state index is 10.1. The molecule has 0 radical (unpaired) electrons. The summed E-state index contributed by atoms with van der Waals surface area (Å²) in [5, 5.41) is 46.5. The van der Waals surface area contributed by atoms with Gasteiger partial charge in [0.25, 0.3) is 0 Å². The fourth-order valence-corrected chi connectivity index (χ4v) is 20.5. The molecule has 20 rings (SSSR count). The van der Waals surface area contributed by atoms with E-state index in [9.17, 15) is 26.5 Å². The van der Waals surface area contributed by atoms with Crippen molar-refractivity contribution in [2.24, 2.45) is 40.0 Å². The summed E-state index contributed by atoms with van der Waals surface area (Å²) in [7, 11) is 7.16. The number of aromatic nitrogens is 4. The number of hydrogen-bond donors (Lipinski definition) is 0. The van der Waals surface area contributed by atoms with Crippen molar-refractivity contribution in [2.45, 2.75) is 281 Å². The van der Waals surface area contributed by atoms with Crippen molar-refractivity contribution in [3.63, 3.8) is 0 Å². The number of aryl methyl sites for hydroxylation is 5. The lowest BCUT2D eigenvalue weighted by atomic mass is 9.83. The first-order valence-electron chi connectivity index (χ1n) is 58.7. The first-order chi connectivity index (χ1) is 73.1. The predicted molar refractivity (Wildman–Crippen MR) is 542 cm³/mol. The second-order valence-electron chi connectivity index (χ2n) is 37.8. The molecule has 12 nitrogen and oxygen atoms in total. The van der Waals surface area contributed by atoms with Crippen LogP contribution >= 0.6 is 0 Å². The van der Waals surface area contributed by atoms with Gasteiger partial charge in [-0.25, -0.2) is 0 Å². The summed E-state index contributed by atoms with van der Waals surface area (Å²) in [6.45, 7) is 14.7. The van der Waals surface area contributed by atoms with Crippen molar-refractivity contribution in [3.05, 3.63) is 257 Å². The van der Waals surface area contributed by atoms with E-state index in [1.165, 1.54) is 11.5 Å². The van der Waals surface area contributed by atoms with Crippen molar-refractivity contribution in [2.75, 3.05) is 0 Å².